The zero-order valence-corrected chi connectivity index (χ0v) is 13.6. The molecule has 0 radical (unpaired) electrons. The van der Waals surface area contributed by atoms with Crippen molar-refractivity contribution in [2.45, 2.75) is 76.4 Å². The van der Waals surface area contributed by atoms with E-state index in [0.717, 1.165) is 32.2 Å². The molecule has 120 valence electrons. The molecule has 1 unspecified atom stereocenters. The molecule has 0 bridgehead atoms. The summed E-state index contributed by atoms with van der Waals surface area (Å²) in [6.07, 6.45) is 7.72. The quantitative estimate of drug-likeness (QED) is 0.824. The van der Waals surface area contributed by atoms with Crippen molar-refractivity contribution < 1.29 is 9.59 Å². The maximum atomic E-state index is 12.6. The van der Waals surface area contributed by atoms with Gasteiger partial charge in [0.15, 0.2) is 0 Å². The molecule has 0 spiro atoms. The van der Waals surface area contributed by atoms with Gasteiger partial charge in [-0.3, -0.25) is 14.5 Å². The molecule has 1 aliphatic heterocycles. The van der Waals surface area contributed by atoms with Gasteiger partial charge in [-0.15, -0.1) is 0 Å². The molecule has 1 atom stereocenters. The fourth-order valence-electron chi connectivity index (χ4n) is 3.69. The summed E-state index contributed by atoms with van der Waals surface area (Å²) in [4.78, 5) is 26.8. The SMILES string of the molecule is CNC(=O)C(C)(C)N1CCCC1C(=O)NC1CCCCC1. The molecule has 5 nitrogen and oxygen atoms in total. The van der Waals surface area contributed by atoms with Crippen molar-refractivity contribution in [3.05, 3.63) is 0 Å². The number of nitrogens with zero attached hydrogens (tertiary/aromatic N) is 1. The summed E-state index contributed by atoms with van der Waals surface area (Å²) in [6.45, 7) is 4.61. The van der Waals surface area contributed by atoms with Crippen LogP contribution in [0.1, 0.15) is 58.8 Å². The lowest BCUT2D eigenvalue weighted by atomic mass is 9.95. The van der Waals surface area contributed by atoms with E-state index >= 15 is 0 Å². The van der Waals surface area contributed by atoms with Crippen molar-refractivity contribution in [2.24, 2.45) is 0 Å². The van der Waals surface area contributed by atoms with Crippen LogP contribution in [0.4, 0.5) is 0 Å². The van der Waals surface area contributed by atoms with Gasteiger partial charge in [-0.05, 0) is 39.5 Å². The van der Waals surface area contributed by atoms with E-state index in [-0.39, 0.29) is 17.9 Å². The van der Waals surface area contributed by atoms with Gasteiger partial charge in [0.25, 0.3) is 0 Å². The van der Waals surface area contributed by atoms with Crippen LogP contribution in [0.15, 0.2) is 0 Å². The molecule has 2 rings (SSSR count). The van der Waals surface area contributed by atoms with Gasteiger partial charge in [-0.1, -0.05) is 19.3 Å². The molecule has 1 saturated heterocycles. The highest BCUT2D eigenvalue weighted by Crippen LogP contribution is 2.28. The van der Waals surface area contributed by atoms with Gasteiger partial charge in [0.2, 0.25) is 11.8 Å². The average Bonchev–Trinajstić information content (AvgIpc) is 2.97. The monoisotopic (exact) mass is 295 g/mol. The summed E-state index contributed by atoms with van der Waals surface area (Å²) in [5.74, 6) is 0.0799. The minimum absolute atomic E-state index is 0.0279. The third-order valence-corrected chi connectivity index (χ3v) is 5.01. The smallest absolute Gasteiger partial charge is 0.239 e. The Hall–Kier alpha value is -1.10. The van der Waals surface area contributed by atoms with Crippen LogP contribution in [0.2, 0.25) is 0 Å². The van der Waals surface area contributed by atoms with Gasteiger partial charge in [-0.2, -0.15) is 0 Å². The number of carbonyl (C=O) groups excluding carboxylic acids is 2. The molecule has 2 fully saturated rings. The Morgan fingerprint density at radius 3 is 2.33 bits per heavy atom. The molecule has 1 heterocycles. The van der Waals surface area contributed by atoms with Gasteiger partial charge < -0.3 is 10.6 Å². The van der Waals surface area contributed by atoms with Crippen LogP contribution in [-0.2, 0) is 9.59 Å². The predicted molar refractivity (Wildman–Crippen MR) is 82.9 cm³/mol. The summed E-state index contributed by atoms with van der Waals surface area (Å²) in [5, 5.41) is 5.92. The van der Waals surface area contributed by atoms with Crippen molar-refractivity contribution >= 4 is 11.8 Å². The number of nitrogens with one attached hydrogen (secondary N) is 2. The first kappa shape index (κ1) is 16.3. The third kappa shape index (κ3) is 3.57. The van der Waals surface area contributed by atoms with E-state index in [1.165, 1.54) is 19.3 Å². The molecule has 2 N–H and O–H groups in total. The summed E-state index contributed by atoms with van der Waals surface area (Å²) in [7, 11) is 1.65. The maximum Gasteiger partial charge on any atom is 0.239 e. The zero-order valence-electron chi connectivity index (χ0n) is 13.6. The van der Waals surface area contributed by atoms with E-state index in [4.69, 9.17) is 0 Å². The van der Waals surface area contributed by atoms with Crippen molar-refractivity contribution in [1.29, 1.82) is 0 Å². The number of amides is 2. The van der Waals surface area contributed by atoms with E-state index in [1.54, 1.807) is 7.05 Å². The fraction of sp³-hybridized carbons (Fsp3) is 0.875. The molecule has 2 amide bonds. The van der Waals surface area contributed by atoms with Crippen LogP contribution in [-0.4, -0.2) is 47.9 Å². The van der Waals surface area contributed by atoms with Gasteiger partial charge in [0.1, 0.15) is 0 Å². The van der Waals surface area contributed by atoms with E-state index < -0.39 is 5.54 Å². The number of hydrogen-bond acceptors (Lipinski definition) is 3. The molecule has 1 saturated carbocycles. The van der Waals surface area contributed by atoms with Crippen LogP contribution in [0.3, 0.4) is 0 Å². The molecule has 0 aromatic carbocycles. The Bertz CT molecular complexity index is 389. The molecule has 0 aromatic rings. The van der Waals surface area contributed by atoms with E-state index in [1.807, 2.05) is 13.8 Å². The van der Waals surface area contributed by atoms with Crippen molar-refractivity contribution in [3.63, 3.8) is 0 Å². The number of likely N-dealkylation sites (tertiary alicyclic amines) is 1. The second kappa shape index (κ2) is 6.77. The normalized spacial score (nSPS) is 24.8. The second-order valence-corrected chi connectivity index (χ2v) is 6.83. The topological polar surface area (TPSA) is 61.4 Å². The van der Waals surface area contributed by atoms with Crippen molar-refractivity contribution in [2.75, 3.05) is 13.6 Å². The largest absolute Gasteiger partial charge is 0.358 e. The van der Waals surface area contributed by atoms with Crippen LogP contribution < -0.4 is 10.6 Å². The van der Waals surface area contributed by atoms with Crippen molar-refractivity contribution in [3.8, 4) is 0 Å². The first-order chi connectivity index (χ1) is 9.96. The molecular formula is C16H29N3O2. The van der Waals surface area contributed by atoms with Gasteiger partial charge >= 0.3 is 0 Å². The summed E-state index contributed by atoms with van der Waals surface area (Å²) in [6, 6.07) is 0.163. The zero-order chi connectivity index (χ0) is 15.5. The highest BCUT2D eigenvalue weighted by Gasteiger charge is 2.43. The Balaban J connectivity index is 2.00. The first-order valence-corrected chi connectivity index (χ1v) is 8.26. The van der Waals surface area contributed by atoms with E-state index in [2.05, 4.69) is 15.5 Å². The summed E-state index contributed by atoms with van der Waals surface area (Å²) in [5.41, 5.74) is -0.639. The lowest BCUT2D eigenvalue weighted by molar-refractivity contribution is -0.136. The standard InChI is InChI=1S/C16H29N3O2/c1-16(2,15(21)17-3)19-11-7-10-13(19)14(20)18-12-8-5-4-6-9-12/h12-13H,4-11H2,1-3H3,(H,17,21)(H,18,20). The van der Waals surface area contributed by atoms with Gasteiger partial charge in [0, 0.05) is 19.6 Å². The molecular weight excluding hydrogens is 266 g/mol. The Morgan fingerprint density at radius 1 is 1.05 bits per heavy atom. The lowest BCUT2D eigenvalue weighted by Crippen LogP contribution is -2.59. The molecule has 2 aliphatic rings. The predicted octanol–water partition coefficient (Wildman–Crippen LogP) is 1.42. The Labute approximate surface area is 127 Å². The highest BCUT2D eigenvalue weighted by atomic mass is 16.2. The Morgan fingerprint density at radius 2 is 1.71 bits per heavy atom. The summed E-state index contributed by atoms with van der Waals surface area (Å²) < 4.78 is 0. The second-order valence-electron chi connectivity index (χ2n) is 6.83. The van der Waals surface area contributed by atoms with Crippen molar-refractivity contribution in [1.82, 2.24) is 15.5 Å². The molecule has 5 heteroatoms. The maximum absolute atomic E-state index is 12.6. The average molecular weight is 295 g/mol. The van der Waals surface area contributed by atoms with E-state index in [9.17, 15) is 9.59 Å². The van der Waals surface area contributed by atoms with Gasteiger partial charge in [-0.25, -0.2) is 0 Å². The van der Waals surface area contributed by atoms with Crippen LogP contribution in [0.25, 0.3) is 0 Å². The molecule has 0 aromatic heterocycles. The number of hydrogen-bond donors (Lipinski definition) is 2. The number of rotatable bonds is 4. The minimum atomic E-state index is -0.639. The minimum Gasteiger partial charge on any atom is -0.358 e. The third-order valence-electron chi connectivity index (χ3n) is 5.01. The first-order valence-electron chi connectivity index (χ1n) is 8.26. The van der Waals surface area contributed by atoms with Gasteiger partial charge in [0.05, 0.1) is 11.6 Å². The summed E-state index contributed by atoms with van der Waals surface area (Å²) >= 11 is 0. The number of likely N-dealkylation sites (N-methyl/N-ethyl adjacent to an activating group) is 1. The molecule has 21 heavy (non-hydrogen) atoms. The van der Waals surface area contributed by atoms with Crippen LogP contribution in [0.5, 0.6) is 0 Å². The van der Waals surface area contributed by atoms with Crippen LogP contribution in [0, 0.1) is 0 Å². The van der Waals surface area contributed by atoms with E-state index in [0.29, 0.717) is 6.04 Å². The lowest BCUT2D eigenvalue weighted by Gasteiger charge is -2.38. The fourth-order valence-corrected chi connectivity index (χ4v) is 3.69. The Kier molecular flexibility index (Phi) is 5.25. The number of carbonyl (C=O) groups is 2. The van der Waals surface area contributed by atoms with Crippen LogP contribution >= 0.6 is 0 Å². The highest BCUT2D eigenvalue weighted by molar-refractivity contribution is 5.88. The molecule has 1 aliphatic carbocycles.